The lowest BCUT2D eigenvalue weighted by atomic mass is 9.85. The molecule has 124 valence electrons. The van der Waals surface area contributed by atoms with Crippen LogP contribution in [-0.2, 0) is 4.79 Å². The van der Waals surface area contributed by atoms with Gasteiger partial charge in [0.05, 0.1) is 5.75 Å². The summed E-state index contributed by atoms with van der Waals surface area (Å²) in [5, 5.41) is 0. The molecule has 0 N–H and O–H groups in total. The molecule has 0 unspecified atom stereocenters. The van der Waals surface area contributed by atoms with Crippen molar-refractivity contribution >= 4 is 17.7 Å². The van der Waals surface area contributed by atoms with E-state index >= 15 is 0 Å². The van der Waals surface area contributed by atoms with Crippen LogP contribution in [0.3, 0.4) is 0 Å². The molecule has 1 saturated heterocycles. The fourth-order valence-electron chi connectivity index (χ4n) is 2.02. The maximum absolute atomic E-state index is 12.9. The zero-order chi connectivity index (χ0) is 16.7. The second-order valence-electron chi connectivity index (χ2n) is 6.04. The van der Waals surface area contributed by atoms with E-state index in [0.29, 0.717) is 4.90 Å². The van der Waals surface area contributed by atoms with Crippen molar-refractivity contribution in [2.45, 2.75) is 44.3 Å². The highest BCUT2D eigenvalue weighted by molar-refractivity contribution is 8.01. The zero-order valence-electron chi connectivity index (χ0n) is 11.9. The molecule has 9 heteroatoms. The van der Waals surface area contributed by atoms with Gasteiger partial charge >= 0.3 is 12.4 Å². The van der Waals surface area contributed by atoms with Crippen LogP contribution in [0.4, 0.5) is 26.3 Å². The fourth-order valence-corrected chi connectivity index (χ4v) is 2.75. The zero-order valence-corrected chi connectivity index (χ0v) is 12.7. The van der Waals surface area contributed by atoms with Crippen molar-refractivity contribution in [3.63, 3.8) is 0 Å². The van der Waals surface area contributed by atoms with E-state index in [-0.39, 0.29) is 10.5 Å². The van der Waals surface area contributed by atoms with Gasteiger partial charge in [-0.1, -0.05) is 20.8 Å². The second-order valence-corrected chi connectivity index (χ2v) is 7.85. The Kier molecular flexibility index (Phi) is 4.88. The van der Waals surface area contributed by atoms with Crippen molar-refractivity contribution in [3.8, 4) is 0 Å². The predicted octanol–water partition coefficient (Wildman–Crippen LogP) is 3.86. The Balaban J connectivity index is 2.83. The summed E-state index contributed by atoms with van der Waals surface area (Å²) in [6, 6.07) is 0. The Morgan fingerprint density at radius 3 is 1.90 bits per heavy atom. The topological polar surface area (TPSA) is 20.3 Å². The molecule has 0 aromatic carbocycles. The number of likely N-dealkylation sites (tertiary alicyclic amines) is 1. The molecule has 1 amide bonds. The quantitative estimate of drug-likeness (QED) is 0.713. The van der Waals surface area contributed by atoms with E-state index < -0.39 is 43.2 Å². The van der Waals surface area contributed by atoms with E-state index in [1.807, 2.05) is 20.8 Å². The normalized spacial score (nSPS) is 20.0. The van der Waals surface area contributed by atoms with Crippen LogP contribution in [0.15, 0.2) is 0 Å². The lowest BCUT2D eigenvalue weighted by Crippen LogP contribution is -2.52. The van der Waals surface area contributed by atoms with Gasteiger partial charge in [0.25, 0.3) is 0 Å². The van der Waals surface area contributed by atoms with Gasteiger partial charge in [-0.2, -0.15) is 26.3 Å². The summed E-state index contributed by atoms with van der Waals surface area (Å²) in [5.74, 6) is -0.819. The number of halogens is 6. The number of nitrogens with zero attached hydrogens (tertiary/aromatic N) is 1. The van der Waals surface area contributed by atoms with Crippen LogP contribution in [-0.4, -0.2) is 46.7 Å². The third-order valence-corrected chi connectivity index (χ3v) is 4.59. The van der Waals surface area contributed by atoms with E-state index in [9.17, 15) is 31.1 Å². The summed E-state index contributed by atoms with van der Waals surface area (Å²) in [6.07, 6.45) is -12.0. The van der Waals surface area contributed by atoms with Crippen LogP contribution < -0.4 is 0 Å². The third kappa shape index (κ3) is 3.98. The van der Waals surface area contributed by atoms with Crippen molar-refractivity contribution in [1.29, 1.82) is 0 Å². The highest BCUT2D eigenvalue weighted by Gasteiger charge is 2.72. The van der Waals surface area contributed by atoms with Gasteiger partial charge in [-0.15, -0.1) is 11.8 Å². The van der Waals surface area contributed by atoms with Crippen LogP contribution in [0.25, 0.3) is 0 Å². The summed E-state index contributed by atoms with van der Waals surface area (Å²) in [7, 11) is 0. The molecule has 1 aliphatic rings. The van der Waals surface area contributed by atoms with Crippen LogP contribution in [0.2, 0.25) is 0 Å². The summed E-state index contributed by atoms with van der Waals surface area (Å²) in [5.41, 5.74) is -3.80. The Morgan fingerprint density at radius 2 is 1.57 bits per heavy atom. The molecule has 0 radical (unpaired) electrons. The number of hydrogen-bond acceptors (Lipinski definition) is 2. The maximum atomic E-state index is 12.9. The van der Waals surface area contributed by atoms with E-state index in [1.54, 1.807) is 0 Å². The molecule has 0 aliphatic carbocycles. The van der Waals surface area contributed by atoms with Crippen LogP contribution in [0.1, 0.15) is 27.2 Å². The molecule has 1 heterocycles. The Hall–Kier alpha value is -0.600. The lowest BCUT2D eigenvalue weighted by molar-refractivity contribution is -0.334. The van der Waals surface area contributed by atoms with Gasteiger partial charge in [0.1, 0.15) is 0 Å². The average Bonchev–Trinajstić information content (AvgIpc) is 2.69. The number of alkyl halides is 6. The molecule has 0 aromatic heterocycles. The molecule has 1 rings (SSSR count). The SMILES string of the molecule is CC(C)(C)SCC(=O)N1CCC(C(F)(F)F)(C(F)(F)F)C1. The molecular weight excluding hydrogens is 320 g/mol. The number of carbonyl (C=O) groups is 1. The van der Waals surface area contributed by atoms with Crippen LogP contribution in [0, 0.1) is 5.41 Å². The minimum atomic E-state index is -5.42. The molecule has 0 saturated carbocycles. The second kappa shape index (κ2) is 5.55. The van der Waals surface area contributed by atoms with Gasteiger partial charge in [0, 0.05) is 17.8 Å². The molecule has 0 aromatic rings. The monoisotopic (exact) mass is 337 g/mol. The Morgan fingerprint density at radius 1 is 1.10 bits per heavy atom. The van der Waals surface area contributed by atoms with Crippen LogP contribution in [0.5, 0.6) is 0 Å². The average molecular weight is 337 g/mol. The van der Waals surface area contributed by atoms with Gasteiger partial charge in [-0.3, -0.25) is 4.79 Å². The van der Waals surface area contributed by atoms with Crippen molar-refractivity contribution in [2.24, 2.45) is 5.41 Å². The maximum Gasteiger partial charge on any atom is 0.404 e. The number of rotatable bonds is 2. The summed E-state index contributed by atoms with van der Waals surface area (Å²) < 4.78 is 76.9. The first-order valence-electron chi connectivity index (χ1n) is 6.25. The summed E-state index contributed by atoms with van der Waals surface area (Å²) in [6.45, 7) is 3.56. The van der Waals surface area contributed by atoms with Crippen molar-refractivity contribution in [1.82, 2.24) is 4.90 Å². The van der Waals surface area contributed by atoms with Crippen molar-refractivity contribution in [2.75, 3.05) is 18.8 Å². The first-order chi connectivity index (χ1) is 9.20. The smallest absolute Gasteiger partial charge is 0.341 e. The van der Waals surface area contributed by atoms with Gasteiger partial charge < -0.3 is 4.90 Å². The Bertz CT molecular complexity index is 384. The summed E-state index contributed by atoms with van der Waals surface area (Å²) in [4.78, 5) is 12.5. The van der Waals surface area contributed by atoms with Gasteiger partial charge in [0.15, 0.2) is 5.41 Å². The fraction of sp³-hybridized carbons (Fsp3) is 0.917. The minimum absolute atomic E-state index is 0.130. The minimum Gasteiger partial charge on any atom is -0.341 e. The summed E-state index contributed by atoms with van der Waals surface area (Å²) >= 11 is 1.19. The number of hydrogen-bond donors (Lipinski definition) is 0. The Labute approximate surface area is 123 Å². The molecule has 21 heavy (non-hydrogen) atoms. The first kappa shape index (κ1) is 18.4. The lowest BCUT2D eigenvalue weighted by Gasteiger charge is -2.33. The van der Waals surface area contributed by atoms with E-state index in [0.717, 1.165) is 0 Å². The molecule has 1 aliphatic heterocycles. The van der Waals surface area contributed by atoms with E-state index in [4.69, 9.17) is 0 Å². The van der Waals surface area contributed by atoms with Crippen molar-refractivity contribution < 1.29 is 31.1 Å². The highest BCUT2D eigenvalue weighted by atomic mass is 32.2. The molecule has 0 atom stereocenters. The number of thioether (sulfide) groups is 1. The molecule has 2 nitrogen and oxygen atoms in total. The molecule has 1 fully saturated rings. The van der Waals surface area contributed by atoms with Gasteiger partial charge in [-0.05, 0) is 6.42 Å². The molecular formula is C12H17F6NOS. The highest BCUT2D eigenvalue weighted by Crippen LogP contribution is 2.55. The first-order valence-corrected chi connectivity index (χ1v) is 7.23. The standard InChI is InChI=1S/C12H17F6NOS/c1-9(2,3)21-6-8(20)19-5-4-10(7-19,11(13,14)15)12(16,17)18/h4-7H2,1-3H3. The third-order valence-electron chi connectivity index (χ3n) is 3.34. The van der Waals surface area contributed by atoms with Crippen LogP contribution >= 0.6 is 11.8 Å². The van der Waals surface area contributed by atoms with Gasteiger partial charge in [0.2, 0.25) is 5.91 Å². The largest absolute Gasteiger partial charge is 0.404 e. The predicted molar refractivity (Wildman–Crippen MR) is 68.0 cm³/mol. The number of carbonyl (C=O) groups excluding carboxylic acids is 1. The molecule has 0 spiro atoms. The number of amides is 1. The van der Waals surface area contributed by atoms with E-state index in [1.165, 1.54) is 11.8 Å². The van der Waals surface area contributed by atoms with Gasteiger partial charge in [-0.25, -0.2) is 0 Å². The van der Waals surface area contributed by atoms with E-state index in [2.05, 4.69) is 0 Å². The van der Waals surface area contributed by atoms with Crippen molar-refractivity contribution in [3.05, 3.63) is 0 Å². The molecule has 0 bridgehead atoms.